The molecule has 0 saturated carbocycles. The SMILES string of the molecule is CO[C@H]1OC(C)(C)O[C@@H]1[C@H]1OC(C)(C)O[C@@H]1[C@H]1COC(C)(C)O1. The van der Waals surface area contributed by atoms with Crippen LogP contribution in [0.3, 0.4) is 0 Å². The molecule has 0 N–H and O–H groups in total. The van der Waals surface area contributed by atoms with Crippen LogP contribution < -0.4 is 0 Å². The van der Waals surface area contributed by atoms with Gasteiger partial charge in [-0.2, -0.15) is 0 Å². The summed E-state index contributed by atoms with van der Waals surface area (Å²) in [5, 5.41) is 0. The van der Waals surface area contributed by atoms with Gasteiger partial charge >= 0.3 is 0 Å². The van der Waals surface area contributed by atoms with Crippen molar-refractivity contribution in [3.63, 3.8) is 0 Å². The molecule has 0 amide bonds. The van der Waals surface area contributed by atoms with Gasteiger partial charge in [0.1, 0.15) is 24.4 Å². The van der Waals surface area contributed by atoms with E-state index in [1.807, 2.05) is 41.5 Å². The predicted octanol–water partition coefficient (Wildman–Crippen LogP) is 1.78. The van der Waals surface area contributed by atoms with E-state index in [2.05, 4.69) is 0 Å². The quantitative estimate of drug-likeness (QED) is 0.780. The second-order valence-corrected chi connectivity index (χ2v) is 7.64. The Bertz CT molecular complexity index is 448. The van der Waals surface area contributed by atoms with E-state index in [1.165, 1.54) is 0 Å². The molecule has 0 aliphatic carbocycles. The van der Waals surface area contributed by atoms with Gasteiger partial charge in [0, 0.05) is 7.11 Å². The molecule has 3 saturated heterocycles. The van der Waals surface area contributed by atoms with Crippen molar-refractivity contribution in [2.24, 2.45) is 0 Å². The lowest BCUT2D eigenvalue weighted by Gasteiger charge is -2.28. The van der Waals surface area contributed by atoms with Crippen LogP contribution in [0.4, 0.5) is 0 Å². The molecule has 0 aromatic carbocycles. The fourth-order valence-corrected chi connectivity index (χ4v) is 3.40. The van der Waals surface area contributed by atoms with Crippen LogP contribution >= 0.6 is 0 Å². The van der Waals surface area contributed by atoms with E-state index in [9.17, 15) is 0 Å². The molecule has 0 bridgehead atoms. The molecule has 3 rings (SSSR count). The second-order valence-electron chi connectivity index (χ2n) is 7.64. The number of ether oxygens (including phenoxy) is 7. The summed E-state index contributed by atoms with van der Waals surface area (Å²) in [5.41, 5.74) is 0. The molecule has 3 aliphatic heterocycles. The van der Waals surface area contributed by atoms with Crippen molar-refractivity contribution in [3.8, 4) is 0 Å². The molecule has 0 aromatic rings. The molecule has 23 heavy (non-hydrogen) atoms. The molecule has 0 radical (unpaired) electrons. The van der Waals surface area contributed by atoms with Gasteiger partial charge in [0.2, 0.25) is 0 Å². The molecule has 3 fully saturated rings. The van der Waals surface area contributed by atoms with Gasteiger partial charge in [0.25, 0.3) is 0 Å². The second kappa shape index (κ2) is 5.62. The van der Waals surface area contributed by atoms with E-state index < -0.39 is 29.8 Å². The Balaban J connectivity index is 1.81. The van der Waals surface area contributed by atoms with Crippen molar-refractivity contribution in [1.82, 2.24) is 0 Å². The van der Waals surface area contributed by atoms with Crippen molar-refractivity contribution in [3.05, 3.63) is 0 Å². The van der Waals surface area contributed by atoms with Crippen molar-refractivity contribution in [2.75, 3.05) is 13.7 Å². The zero-order valence-electron chi connectivity index (χ0n) is 15.0. The molecular formula is C16H28O7. The lowest BCUT2D eigenvalue weighted by atomic mass is 10.0. The number of rotatable bonds is 3. The van der Waals surface area contributed by atoms with Crippen LogP contribution in [-0.4, -0.2) is 61.8 Å². The lowest BCUT2D eigenvalue weighted by molar-refractivity contribution is -0.183. The highest BCUT2D eigenvalue weighted by atomic mass is 16.8. The minimum Gasteiger partial charge on any atom is -0.353 e. The maximum Gasteiger partial charge on any atom is 0.189 e. The molecule has 0 unspecified atom stereocenters. The first-order chi connectivity index (χ1) is 10.5. The maximum atomic E-state index is 6.11. The molecule has 3 heterocycles. The summed E-state index contributed by atoms with van der Waals surface area (Å²) in [6, 6.07) is 0. The van der Waals surface area contributed by atoms with E-state index in [-0.39, 0.29) is 18.3 Å². The van der Waals surface area contributed by atoms with Gasteiger partial charge in [-0.15, -0.1) is 0 Å². The van der Waals surface area contributed by atoms with Crippen molar-refractivity contribution in [1.29, 1.82) is 0 Å². The molecule has 7 nitrogen and oxygen atoms in total. The summed E-state index contributed by atoms with van der Waals surface area (Å²) in [6.07, 6.45) is -1.87. The van der Waals surface area contributed by atoms with E-state index in [0.717, 1.165) is 0 Å². The first-order valence-electron chi connectivity index (χ1n) is 8.08. The smallest absolute Gasteiger partial charge is 0.189 e. The standard InChI is InChI=1S/C16H28O7/c1-14(2)18-8-9(19-14)10-11(21-15(3,4)20-10)12-13(17-7)23-16(5,6)22-12/h9-13H,8H2,1-7H3/t9-,10-,11+,12-,13+/m1/s1. The van der Waals surface area contributed by atoms with Gasteiger partial charge in [0.05, 0.1) is 6.61 Å². The maximum absolute atomic E-state index is 6.11. The Morgan fingerprint density at radius 1 is 0.696 bits per heavy atom. The van der Waals surface area contributed by atoms with Crippen LogP contribution in [0.5, 0.6) is 0 Å². The third-order valence-electron chi connectivity index (χ3n) is 4.20. The van der Waals surface area contributed by atoms with Crippen LogP contribution in [-0.2, 0) is 33.2 Å². The minimum absolute atomic E-state index is 0.235. The Morgan fingerprint density at radius 3 is 1.83 bits per heavy atom. The Morgan fingerprint density at radius 2 is 1.26 bits per heavy atom. The third kappa shape index (κ3) is 3.56. The van der Waals surface area contributed by atoms with E-state index >= 15 is 0 Å². The van der Waals surface area contributed by atoms with Crippen molar-refractivity contribution in [2.45, 2.75) is 89.6 Å². The molecule has 3 aliphatic rings. The summed E-state index contributed by atoms with van der Waals surface area (Å²) in [4.78, 5) is 0. The Hall–Kier alpha value is -0.280. The molecule has 0 aromatic heterocycles. The first kappa shape index (κ1) is 17.5. The molecule has 134 valence electrons. The fourth-order valence-electron chi connectivity index (χ4n) is 3.40. The normalized spacial score (nSPS) is 44.7. The Labute approximate surface area is 137 Å². The van der Waals surface area contributed by atoms with E-state index in [4.69, 9.17) is 33.2 Å². The minimum atomic E-state index is -0.738. The summed E-state index contributed by atoms with van der Waals surface area (Å²) >= 11 is 0. The highest BCUT2D eigenvalue weighted by molar-refractivity contribution is 4.97. The number of hydrogen-bond acceptors (Lipinski definition) is 7. The molecule has 5 atom stereocenters. The zero-order chi connectivity index (χ0) is 17.0. The highest BCUT2D eigenvalue weighted by Crippen LogP contribution is 2.41. The Kier molecular flexibility index (Phi) is 4.29. The third-order valence-corrected chi connectivity index (χ3v) is 4.20. The van der Waals surface area contributed by atoms with Crippen LogP contribution in [0.1, 0.15) is 41.5 Å². The average molecular weight is 332 g/mol. The zero-order valence-corrected chi connectivity index (χ0v) is 15.0. The highest BCUT2D eigenvalue weighted by Gasteiger charge is 2.57. The summed E-state index contributed by atoms with van der Waals surface area (Å²) < 4.78 is 41.1. The molecule has 0 spiro atoms. The van der Waals surface area contributed by atoms with Crippen LogP contribution in [0, 0.1) is 0 Å². The van der Waals surface area contributed by atoms with Gasteiger partial charge in [-0.25, -0.2) is 0 Å². The largest absolute Gasteiger partial charge is 0.353 e. The number of hydrogen-bond donors (Lipinski definition) is 0. The summed E-state index contributed by atoms with van der Waals surface area (Å²) in [5.74, 6) is -2.10. The lowest BCUT2D eigenvalue weighted by Crippen LogP contribution is -2.48. The van der Waals surface area contributed by atoms with Gasteiger partial charge in [0.15, 0.2) is 23.7 Å². The van der Waals surface area contributed by atoms with Gasteiger partial charge in [-0.1, -0.05) is 0 Å². The van der Waals surface area contributed by atoms with Crippen LogP contribution in [0.25, 0.3) is 0 Å². The van der Waals surface area contributed by atoms with Gasteiger partial charge < -0.3 is 33.2 Å². The topological polar surface area (TPSA) is 64.6 Å². The summed E-state index contributed by atoms with van der Waals surface area (Å²) in [7, 11) is 1.59. The fraction of sp³-hybridized carbons (Fsp3) is 1.00. The first-order valence-corrected chi connectivity index (χ1v) is 8.08. The monoisotopic (exact) mass is 332 g/mol. The summed E-state index contributed by atoms with van der Waals surface area (Å²) in [6.45, 7) is 11.7. The predicted molar refractivity (Wildman–Crippen MR) is 79.6 cm³/mol. The number of methoxy groups -OCH3 is 1. The molecule has 7 heteroatoms. The van der Waals surface area contributed by atoms with Crippen molar-refractivity contribution >= 4 is 0 Å². The van der Waals surface area contributed by atoms with Crippen molar-refractivity contribution < 1.29 is 33.2 Å². The van der Waals surface area contributed by atoms with Gasteiger partial charge in [-0.3, -0.25) is 0 Å². The van der Waals surface area contributed by atoms with E-state index in [0.29, 0.717) is 6.61 Å². The average Bonchev–Trinajstić information content (AvgIpc) is 3.02. The van der Waals surface area contributed by atoms with E-state index in [1.54, 1.807) is 7.11 Å². The van der Waals surface area contributed by atoms with Crippen LogP contribution in [0.2, 0.25) is 0 Å². The van der Waals surface area contributed by atoms with Crippen LogP contribution in [0.15, 0.2) is 0 Å². The van der Waals surface area contributed by atoms with Gasteiger partial charge in [-0.05, 0) is 41.5 Å². The molecular weight excluding hydrogens is 304 g/mol.